The Morgan fingerprint density at radius 1 is 1.73 bits per heavy atom. The van der Waals surface area contributed by atoms with Gasteiger partial charge in [0.25, 0.3) is 0 Å². The van der Waals surface area contributed by atoms with E-state index in [1.807, 2.05) is 0 Å². The quantitative estimate of drug-likeness (QED) is 0.305. The summed E-state index contributed by atoms with van der Waals surface area (Å²) in [7, 11) is 0. The van der Waals surface area contributed by atoms with E-state index < -0.39 is 0 Å². The van der Waals surface area contributed by atoms with Crippen molar-refractivity contribution in [3.8, 4) is 11.8 Å². The molecule has 0 aliphatic carbocycles. The Labute approximate surface area is 85.9 Å². The Balaban J connectivity index is 2.36. The Hall–Kier alpha value is 0.650. The van der Waals surface area contributed by atoms with Gasteiger partial charge in [0.15, 0.2) is 0 Å². The first-order chi connectivity index (χ1) is 5.33. The zero-order chi connectivity index (χ0) is 8.10. The molecule has 11 heavy (non-hydrogen) atoms. The number of ether oxygens (including phenoxy) is 1. The number of carbonyl (C=O) groups is 1. The third kappa shape index (κ3) is 3.71. The molecule has 1 fully saturated rings. The molecule has 0 aromatic heterocycles. The predicted molar refractivity (Wildman–Crippen MR) is 45.8 cm³/mol. The fourth-order valence-electron chi connectivity index (χ4n) is 0.847. The molecule has 1 aliphatic rings. The Morgan fingerprint density at radius 3 is 3.09 bits per heavy atom. The normalized spacial score (nSPS) is 22.8. The van der Waals surface area contributed by atoms with Crippen molar-refractivity contribution in [2.45, 2.75) is 18.9 Å². The van der Waals surface area contributed by atoms with Gasteiger partial charge in [-0.15, -0.1) is 0 Å². The van der Waals surface area contributed by atoms with E-state index in [0.29, 0.717) is 0 Å². The van der Waals surface area contributed by atoms with Crippen LogP contribution in [0, 0.1) is 11.8 Å². The van der Waals surface area contributed by atoms with Gasteiger partial charge in [-0.25, -0.2) is 0 Å². The molecular weight excluding hydrogens is 370 g/mol. The van der Waals surface area contributed by atoms with Crippen molar-refractivity contribution in [1.29, 1.82) is 0 Å². The molecule has 0 amide bonds. The first kappa shape index (κ1) is 9.74. The van der Waals surface area contributed by atoms with Crippen LogP contribution >= 0.6 is 18.6 Å². The van der Waals surface area contributed by atoms with Crippen LogP contribution in [0.15, 0.2) is 0 Å². The second-order valence-corrected chi connectivity index (χ2v) is 6.24. The summed E-state index contributed by atoms with van der Waals surface area (Å²) < 4.78 is 5.33. The van der Waals surface area contributed by atoms with Gasteiger partial charge in [-0.3, -0.25) is 0 Å². The zero-order valence-corrected chi connectivity index (χ0v) is 10.1. The maximum atomic E-state index is 10.8. The molecule has 1 unspecified atom stereocenters. The molecule has 0 bridgehead atoms. The molecule has 1 saturated heterocycles. The molecule has 1 atom stereocenters. The van der Waals surface area contributed by atoms with Crippen molar-refractivity contribution in [3.05, 3.63) is 0 Å². The van der Waals surface area contributed by atoms with Crippen molar-refractivity contribution in [1.82, 2.24) is 0 Å². The summed E-state index contributed by atoms with van der Waals surface area (Å²) in [6.45, 7) is 0.798. The van der Waals surface area contributed by atoms with E-state index in [0.717, 1.165) is 19.4 Å². The summed E-state index contributed by atoms with van der Waals surface area (Å²) in [6.07, 6.45) is 2.10. The average molecular weight is 377 g/mol. The molecule has 62 valence electrons. The summed E-state index contributed by atoms with van der Waals surface area (Å²) in [5.41, 5.74) is 0. The van der Waals surface area contributed by atoms with E-state index >= 15 is 0 Å². The van der Waals surface area contributed by atoms with E-state index in [1.165, 1.54) is 0 Å². The summed E-state index contributed by atoms with van der Waals surface area (Å²) in [5.74, 6) is 5.43. The van der Waals surface area contributed by atoms with Gasteiger partial charge in [0, 0.05) is 0 Å². The minimum absolute atomic E-state index is 0.0332. The number of hydrogen-bond donors (Lipinski definition) is 0. The van der Waals surface area contributed by atoms with Crippen LogP contribution in [0.3, 0.4) is 0 Å². The second-order valence-electron chi connectivity index (χ2n) is 2.12. The monoisotopic (exact) mass is 377 g/mol. The summed E-state index contributed by atoms with van der Waals surface area (Å²) >= 11 is 1.74. The van der Waals surface area contributed by atoms with Gasteiger partial charge in [0.05, 0.1) is 0 Å². The van der Waals surface area contributed by atoms with Crippen molar-refractivity contribution in [2.75, 3.05) is 6.61 Å². The van der Waals surface area contributed by atoms with Crippen LogP contribution in [0.5, 0.6) is 0 Å². The molecule has 1 aliphatic heterocycles. The van der Waals surface area contributed by atoms with Crippen LogP contribution < -0.4 is 17.2 Å². The van der Waals surface area contributed by atoms with E-state index in [9.17, 15) is 4.79 Å². The van der Waals surface area contributed by atoms with Gasteiger partial charge in [-0.2, -0.15) is 0 Å². The molecule has 4 heteroatoms. The third-order valence-corrected chi connectivity index (χ3v) is 4.45. The second kappa shape index (κ2) is 5.32. The summed E-state index contributed by atoms with van der Waals surface area (Å²) in [6, 6.07) is 0. The van der Waals surface area contributed by atoms with E-state index in [1.54, 1.807) is 0 Å². The van der Waals surface area contributed by atoms with Gasteiger partial charge in [-0.1, -0.05) is 0 Å². The summed E-state index contributed by atoms with van der Waals surface area (Å²) in [5, 5.41) is 0. The van der Waals surface area contributed by atoms with E-state index in [-0.39, 0.29) is 27.1 Å². The molecule has 0 aromatic carbocycles. The Kier molecular flexibility index (Phi) is 4.71. The zero-order valence-electron chi connectivity index (χ0n) is 5.77. The molecule has 1 rings (SSSR count). The predicted octanol–water partition coefficient (Wildman–Crippen LogP) is -1.87. The number of carbonyl (C=O) groups excluding carboxylic acids is 1. The molecule has 1 heterocycles. The van der Waals surface area contributed by atoms with Crippen molar-refractivity contribution in [3.63, 3.8) is 0 Å². The van der Waals surface area contributed by atoms with E-state index in [4.69, 9.17) is 4.74 Å². The van der Waals surface area contributed by atoms with Crippen molar-refractivity contribution >= 4 is 22.4 Å². The van der Waals surface area contributed by atoms with Crippen LogP contribution in [0.1, 0.15) is 12.8 Å². The molecular formula is C7H7I2O2-. The van der Waals surface area contributed by atoms with Crippen LogP contribution in [0.25, 0.3) is 0 Å². The molecule has 2 nitrogen and oxygen atoms in total. The van der Waals surface area contributed by atoms with Crippen LogP contribution in [-0.4, -0.2) is 16.5 Å². The van der Waals surface area contributed by atoms with E-state index in [2.05, 4.69) is 30.5 Å². The topological polar surface area (TPSA) is 26.3 Å². The molecule has 0 spiro atoms. The van der Waals surface area contributed by atoms with Gasteiger partial charge >= 0.3 is 86.6 Å². The average Bonchev–Trinajstić information content (AvgIpc) is 2.52. The van der Waals surface area contributed by atoms with Gasteiger partial charge in [0.1, 0.15) is 0 Å². The fourth-order valence-corrected chi connectivity index (χ4v) is 1.79. The van der Waals surface area contributed by atoms with Gasteiger partial charge in [-0.05, 0) is 0 Å². The standard InChI is InChI=1S/C7H7I2O2/c8-9-7(10)4-3-6-2-1-5-11-6/h6H,1-2,5H2/q-1. The first-order valence-electron chi connectivity index (χ1n) is 3.26. The Morgan fingerprint density at radius 2 is 2.55 bits per heavy atom. The maximum absolute atomic E-state index is 10.8. The van der Waals surface area contributed by atoms with Gasteiger partial charge in [0.2, 0.25) is 0 Å². The first-order valence-corrected chi connectivity index (χ1v) is 10.6. The number of hydrogen-bond acceptors (Lipinski definition) is 2. The summed E-state index contributed by atoms with van der Waals surface area (Å²) in [4.78, 5) is 10.8. The van der Waals surface area contributed by atoms with Gasteiger partial charge < -0.3 is 0 Å². The van der Waals surface area contributed by atoms with Crippen molar-refractivity contribution < 1.29 is 26.8 Å². The molecule has 0 aromatic rings. The molecule has 0 saturated carbocycles. The number of halogens is 2. The molecule has 0 N–H and O–H groups in total. The van der Waals surface area contributed by atoms with Crippen LogP contribution in [0.2, 0.25) is 0 Å². The third-order valence-electron chi connectivity index (χ3n) is 1.33. The Bertz CT molecular complexity index is 198. The molecule has 0 radical (unpaired) electrons. The van der Waals surface area contributed by atoms with Crippen molar-refractivity contribution in [2.24, 2.45) is 0 Å². The minimum atomic E-state index is -0.376. The van der Waals surface area contributed by atoms with Crippen LogP contribution in [0.4, 0.5) is 0 Å². The number of rotatable bonds is 1. The fraction of sp³-hybridized carbons (Fsp3) is 0.571. The SMILES string of the molecule is O=C(C#CC1CCCO1)[I-]I. The van der Waals surface area contributed by atoms with Crippen LogP contribution in [-0.2, 0) is 9.53 Å².